The summed E-state index contributed by atoms with van der Waals surface area (Å²) >= 11 is 0. The maximum absolute atomic E-state index is 11.5. The van der Waals surface area contributed by atoms with Gasteiger partial charge in [0.25, 0.3) is 8.32 Å². The van der Waals surface area contributed by atoms with Crippen molar-refractivity contribution >= 4 is 24.7 Å². The van der Waals surface area contributed by atoms with E-state index in [2.05, 4.69) is 81.4 Å². The highest BCUT2D eigenvalue weighted by molar-refractivity contribution is 6.99. The molecule has 3 rings (SSSR count). The first kappa shape index (κ1) is 25.7. The van der Waals surface area contributed by atoms with Gasteiger partial charge < -0.3 is 13.9 Å². The molecule has 1 saturated carbocycles. The van der Waals surface area contributed by atoms with Crippen LogP contribution in [0.15, 0.2) is 60.7 Å². The van der Waals surface area contributed by atoms with Crippen LogP contribution in [0, 0.1) is 5.92 Å². The largest absolute Gasteiger partial charge is 0.466 e. The van der Waals surface area contributed by atoms with Gasteiger partial charge in [-0.15, -0.1) is 0 Å². The van der Waals surface area contributed by atoms with Gasteiger partial charge in [0.1, 0.15) is 0 Å². The molecular weight excluding hydrogens is 428 g/mol. The average Bonchev–Trinajstić information content (AvgIpc) is 2.81. The number of ether oxygens (including phenoxy) is 2. The van der Waals surface area contributed by atoms with E-state index < -0.39 is 8.32 Å². The lowest BCUT2D eigenvalue weighted by atomic mass is 9.88. The van der Waals surface area contributed by atoms with Crippen molar-refractivity contribution < 1.29 is 18.7 Å². The molecule has 2 aromatic carbocycles. The predicted molar refractivity (Wildman–Crippen MR) is 137 cm³/mol. The molecule has 1 aliphatic rings. The number of carbonyl (C=O) groups is 1. The molecule has 180 valence electrons. The van der Waals surface area contributed by atoms with Gasteiger partial charge in [0.05, 0.1) is 25.7 Å². The first-order valence-electron chi connectivity index (χ1n) is 12.4. The number of hydrogen-bond donors (Lipinski definition) is 0. The van der Waals surface area contributed by atoms with E-state index in [4.69, 9.17) is 13.9 Å². The summed E-state index contributed by atoms with van der Waals surface area (Å²) in [5.74, 6) is 0.362. The Hall–Kier alpha value is -1.95. The molecule has 0 saturated heterocycles. The maximum atomic E-state index is 11.5. The van der Waals surface area contributed by atoms with Gasteiger partial charge in [-0.3, -0.25) is 4.79 Å². The van der Waals surface area contributed by atoms with Gasteiger partial charge in [-0.1, -0.05) is 81.4 Å². The van der Waals surface area contributed by atoms with E-state index in [-0.39, 0.29) is 17.1 Å². The second kappa shape index (κ2) is 12.0. The number of hydrogen-bond acceptors (Lipinski definition) is 4. The van der Waals surface area contributed by atoms with E-state index in [9.17, 15) is 4.79 Å². The molecule has 2 aromatic rings. The number of rotatable bonds is 10. The smallest absolute Gasteiger partial charge is 0.308 e. The van der Waals surface area contributed by atoms with Crippen LogP contribution in [-0.2, 0) is 18.7 Å². The summed E-state index contributed by atoms with van der Waals surface area (Å²) in [5.41, 5.74) is 0. The van der Waals surface area contributed by atoms with Crippen LogP contribution >= 0.6 is 0 Å². The molecule has 0 heterocycles. The fourth-order valence-corrected chi connectivity index (χ4v) is 9.65. The average molecular weight is 469 g/mol. The summed E-state index contributed by atoms with van der Waals surface area (Å²) in [6.07, 6.45) is 4.83. The van der Waals surface area contributed by atoms with Crippen molar-refractivity contribution in [3.63, 3.8) is 0 Å². The Labute approximate surface area is 200 Å². The Balaban J connectivity index is 1.65. The summed E-state index contributed by atoms with van der Waals surface area (Å²) in [6, 6.07) is 21.7. The second-order valence-electron chi connectivity index (χ2n) is 10.0. The number of benzene rings is 2. The zero-order valence-electron chi connectivity index (χ0n) is 20.7. The highest BCUT2D eigenvalue weighted by Gasteiger charge is 2.50. The lowest BCUT2D eigenvalue weighted by Gasteiger charge is -2.44. The van der Waals surface area contributed by atoms with Gasteiger partial charge in [-0.05, 0) is 53.9 Å². The standard InChI is InChI=1S/C28H40O4Si/c1-5-30-27(29)20-21-31-24-18-16-23(17-19-24)22-32-33(28(2,3)4,25-12-8-6-9-13-25)26-14-10-7-11-15-26/h6-15,23-24H,5,16-22H2,1-4H3. The first-order chi connectivity index (χ1) is 15.9. The highest BCUT2D eigenvalue weighted by atomic mass is 28.4. The van der Waals surface area contributed by atoms with Crippen LogP contribution in [-0.4, -0.2) is 40.2 Å². The van der Waals surface area contributed by atoms with Crippen molar-refractivity contribution in [2.24, 2.45) is 5.92 Å². The maximum Gasteiger partial charge on any atom is 0.308 e. The zero-order valence-corrected chi connectivity index (χ0v) is 21.7. The Bertz CT molecular complexity index is 800. The molecule has 0 bridgehead atoms. The van der Waals surface area contributed by atoms with Crippen molar-refractivity contribution in [1.29, 1.82) is 0 Å². The molecular formula is C28H40O4Si. The topological polar surface area (TPSA) is 44.8 Å². The minimum absolute atomic E-state index is 0.00309. The molecule has 0 unspecified atom stereocenters. The van der Waals surface area contributed by atoms with Crippen LogP contribution in [0.3, 0.4) is 0 Å². The monoisotopic (exact) mass is 468 g/mol. The Morgan fingerprint density at radius 3 is 1.94 bits per heavy atom. The molecule has 1 aliphatic carbocycles. The SMILES string of the molecule is CCOC(=O)CCOC1CCC(CO[Si](c2ccccc2)(c2ccccc2)C(C)(C)C)CC1. The lowest BCUT2D eigenvalue weighted by Crippen LogP contribution is -2.67. The molecule has 0 aromatic heterocycles. The molecule has 0 atom stereocenters. The van der Waals surface area contributed by atoms with Crippen molar-refractivity contribution in [3.05, 3.63) is 60.7 Å². The normalized spacial score (nSPS) is 19.3. The summed E-state index contributed by atoms with van der Waals surface area (Å²) in [5, 5.41) is 2.67. The van der Waals surface area contributed by atoms with Crippen molar-refractivity contribution in [2.45, 2.75) is 70.9 Å². The van der Waals surface area contributed by atoms with E-state index in [1.54, 1.807) is 0 Å². The Morgan fingerprint density at radius 2 is 1.45 bits per heavy atom. The lowest BCUT2D eigenvalue weighted by molar-refractivity contribution is -0.145. The van der Waals surface area contributed by atoms with Crippen molar-refractivity contribution in [3.8, 4) is 0 Å². The highest BCUT2D eigenvalue weighted by Crippen LogP contribution is 2.38. The molecule has 33 heavy (non-hydrogen) atoms. The molecule has 0 amide bonds. The van der Waals surface area contributed by atoms with E-state index >= 15 is 0 Å². The van der Waals surface area contributed by atoms with Crippen LogP contribution in [0.25, 0.3) is 0 Å². The Morgan fingerprint density at radius 1 is 0.909 bits per heavy atom. The van der Waals surface area contributed by atoms with Gasteiger partial charge in [0.15, 0.2) is 0 Å². The van der Waals surface area contributed by atoms with Gasteiger partial charge in [-0.2, -0.15) is 0 Å². The van der Waals surface area contributed by atoms with Gasteiger partial charge in [0, 0.05) is 6.61 Å². The number of esters is 1. The Kier molecular flexibility index (Phi) is 9.30. The van der Waals surface area contributed by atoms with Crippen LogP contribution < -0.4 is 10.4 Å². The van der Waals surface area contributed by atoms with E-state index in [0.717, 1.165) is 32.3 Å². The summed E-state index contributed by atoms with van der Waals surface area (Å²) < 4.78 is 18.1. The third-order valence-electron chi connectivity index (χ3n) is 6.71. The molecule has 4 nitrogen and oxygen atoms in total. The molecule has 0 aliphatic heterocycles. The summed E-state index contributed by atoms with van der Waals surface area (Å²) in [6.45, 7) is 10.5. The van der Waals surface area contributed by atoms with Crippen molar-refractivity contribution in [2.75, 3.05) is 19.8 Å². The summed E-state index contributed by atoms with van der Waals surface area (Å²) in [4.78, 5) is 11.5. The third-order valence-corrected chi connectivity index (χ3v) is 11.7. The molecule has 0 N–H and O–H groups in total. The predicted octanol–water partition coefficient (Wildman–Crippen LogP) is 5.09. The van der Waals surface area contributed by atoms with Crippen LogP contribution in [0.4, 0.5) is 0 Å². The van der Waals surface area contributed by atoms with Crippen molar-refractivity contribution in [1.82, 2.24) is 0 Å². The second-order valence-corrected chi connectivity index (χ2v) is 14.3. The van der Waals surface area contributed by atoms with E-state index in [1.165, 1.54) is 10.4 Å². The van der Waals surface area contributed by atoms with Gasteiger partial charge in [0.2, 0.25) is 0 Å². The van der Waals surface area contributed by atoms with Gasteiger partial charge >= 0.3 is 5.97 Å². The first-order valence-corrected chi connectivity index (χ1v) is 14.3. The van der Waals surface area contributed by atoms with Crippen LogP contribution in [0.5, 0.6) is 0 Å². The number of carbonyl (C=O) groups excluding carboxylic acids is 1. The van der Waals surface area contributed by atoms with Crippen LogP contribution in [0.2, 0.25) is 5.04 Å². The third kappa shape index (κ3) is 6.56. The van der Waals surface area contributed by atoms with E-state index in [0.29, 0.717) is 25.6 Å². The fraction of sp³-hybridized carbons (Fsp3) is 0.536. The molecule has 0 radical (unpaired) electrons. The minimum Gasteiger partial charge on any atom is -0.466 e. The van der Waals surface area contributed by atoms with Crippen LogP contribution in [0.1, 0.15) is 59.8 Å². The van der Waals surface area contributed by atoms with Gasteiger partial charge in [-0.25, -0.2) is 0 Å². The fourth-order valence-electron chi connectivity index (χ4n) is 5.01. The van der Waals surface area contributed by atoms with E-state index in [1.807, 2.05) is 6.92 Å². The summed E-state index contributed by atoms with van der Waals surface area (Å²) in [7, 11) is -2.47. The molecule has 1 fully saturated rings. The molecule has 5 heteroatoms. The quantitative estimate of drug-likeness (QED) is 0.360. The minimum atomic E-state index is -2.47. The zero-order chi connectivity index (χ0) is 23.7. The molecule has 0 spiro atoms.